The van der Waals surface area contributed by atoms with Crippen molar-refractivity contribution in [3.8, 4) is 5.75 Å². The number of carbonyl (C=O) groups is 2. The molecule has 1 saturated carbocycles. The molecule has 136 valence electrons. The Morgan fingerprint density at radius 1 is 1.36 bits per heavy atom. The van der Waals surface area contributed by atoms with Crippen molar-refractivity contribution in [2.24, 2.45) is 11.7 Å². The van der Waals surface area contributed by atoms with Crippen LogP contribution in [0.25, 0.3) is 0 Å². The maximum absolute atomic E-state index is 12.4. The first kappa shape index (κ1) is 18.7. The number of hydrogen-bond acceptors (Lipinski definition) is 5. The van der Waals surface area contributed by atoms with E-state index in [2.05, 4.69) is 5.32 Å². The van der Waals surface area contributed by atoms with Crippen molar-refractivity contribution in [3.05, 3.63) is 33.9 Å². The maximum Gasteiger partial charge on any atom is 0.269 e. The van der Waals surface area contributed by atoms with Crippen molar-refractivity contribution in [3.63, 3.8) is 0 Å². The van der Waals surface area contributed by atoms with Crippen LogP contribution in [0.3, 0.4) is 0 Å². The van der Waals surface area contributed by atoms with Crippen molar-refractivity contribution in [1.29, 1.82) is 0 Å². The molecule has 0 spiro atoms. The van der Waals surface area contributed by atoms with Crippen LogP contribution >= 0.6 is 0 Å². The molecule has 0 saturated heterocycles. The van der Waals surface area contributed by atoms with Gasteiger partial charge in [0.15, 0.2) is 0 Å². The molecule has 1 atom stereocenters. The zero-order chi connectivity index (χ0) is 18.4. The molecule has 0 aromatic heterocycles. The van der Waals surface area contributed by atoms with E-state index in [1.54, 1.807) is 0 Å². The van der Waals surface area contributed by atoms with E-state index < -0.39 is 16.9 Å². The summed E-state index contributed by atoms with van der Waals surface area (Å²) in [5.41, 5.74) is 5.76. The Balaban J connectivity index is 2.15. The molecule has 1 fully saturated rings. The summed E-state index contributed by atoms with van der Waals surface area (Å²) in [4.78, 5) is 34.6. The molecule has 0 unspecified atom stereocenters. The second-order valence-corrected chi connectivity index (χ2v) is 6.26. The zero-order valence-electron chi connectivity index (χ0n) is 14.2. The van der Waals surface area contributed by atoms with Gasteiger partial charge < -0.3 is 15.8 Å². The van der Waals surface area contributed by atoms with Crippen LogP contribution in [-0.4, -0.2) is 29.9 Å². The van der Waals surface area contributed by atoms with Gasteiger partial charge in [0.25, 0.3) is 5.69 Å². The van der Waals surface area contributed by atoms with Crippen LogP contribution in [0.1, 0.15) is 37.7 Å². The number of hydrogen-bond donors (Lipinski definition) is 2. The van der Waals surface area contributed by atoms with E-state index in [4.69, 9.17) is 10.5 Å². The first-order chi connectivity index (χ1) is 11.9. The number of primary amides is 1. The topological polar surface area (TPSA) is 125 Å². The van der Waals surface area contributed by atoms with Gasteiger partial charge in [0.1, 0.15) is 11.8 Å². The lowest BCUT2D eigenvalue weighted by atomic mass is 9.88. The molecule has 8 heteroatoms. The van der Waals surface area contributed by atoms with Gasteiger partial charge in [-0.05, 0) is 18.9 Å². The van der Waals surface area contributed by atoms with Crippen molar-refractivity contribution < 1.29 is 19.2 Å². The number of benzene rings is 1. The van der Waals surface area contributed by atoms with E-state index in [0.717, 1.165) is 32.1 Å². The predicted molar refractivity (Wildman–Crippen MR) is 91.1 cm³/mol. The van der Waals surface area contributed by atoms with E-state index in [1.165, 1.54) is 25.3 Å². The van der Waals surface area contributed by atoms with Gasteiger partial charge >= 0.3 is 0 Å². The molecule has 8 nitrogen and oxygen atoms in total. The van der Waals surface area contributed by atoms with Crippen molar-refractivity contribution in [1.82, 2.24) is 5.32 Å². The molecular weight excluding hydrogens is 326 g/mol. The highest BCUT2D eigenvalue weighted by Gasteiger charge is 2.27. The Labute approximate surface area is 145 Å². The molecule has 1 aromatic carbocycles. The molecular formula is C17H23N3O5. The van der Waals surface area contributed by atoms with Gasteiger partial charge in [0, 0.05) is 30.0 Å². The van der Waals surface area contributed by atoms with E-state index in [1.807, 2.05) is 0 Å². The van der Waals surface area contributed by atoms with E-state index in [9.17, 15) is 19.7 Å². The Hall–Kier alpha value is -2.64. The number of amides is 2. The van der Waals surface area contributed by atoms with E-state index >= 15 is 0 Å². The molecule has 0 radical (unpaired) electrons. The minimum Gasteiger partial charge on any atom is -0.496 e. The molecule has 1 aromatic rings. The van der Waals surface area contributed by atoms with Gasteiger partial charge in [-0.25, -0.2) is 0 Å². The van der Waals surface area contributed by atoms with Crippen LogP contribution in [0, 0.1) is 16.0 Å². The van der Waals surface area contributed by atoms with E-state index in [-0.39, 0.29) is 23.9 Å². The standard InChI is InChI=1S/C17H23N3O5/c1-25-15-8-7-13(20(23)24)9-12(15)10-14(16(18)21)19-17(22)11-5-3-2-4-6-11/h7-9,11,14H,2-6,10H2,1H3,(H2,18,21)(H,19,22)/t14-/m0/s1. The lowest BCUT2D eigenvalue weighted by molar-refractivity contribution is -0.384. The molecule has 25 heavy (non-hydrogen) atoms. The average molecular weight is 349 g/mol. The summed E-state index contributed by atoms with van der Waals surface area (Å²) >= 11 is 0. The quantitative estimate of drug-likeness (QED) is 0.572. The third kappa shape index (κ3) is 4.91. The van der Waals surface area contributed by atoms with Crippen molar-refractivity contribution >= 4 is 17.5 Å². The van der Waals surface area contributed by atoms with Gasteiger partial charge in [0.2, 0.25) is 11.8 Å². The van der Waals surface area contributed by atoms with E-state index in [0.29, 0.717) is 11.3 Å². The zero-order valence-corrected chi connectivity index (χ0v) is 14.2. The molecule has 0 bridgehead atoms. The largest absolute Gasteiger partial charge is 0.496 e. The molecule has 3 N–H and O–H groups in total. The Bertz CT molecular complexity index is 656. The number of rotatable bonds is 7. The van der Waals surface area contributed by atoms with Crippen LogP contribution in [0.2, 0.25) is 0 Å². The van der Waals surface area contributed by atoms with Crippen molar-refractivity contribution in [2.45, 2.75) is 44.6 Å². The first-order valence-corrected chi connectivity index (χ1v) is 8.33. The number of ether oxygens (including phenoxy) is 1. The molecule has 0 aliphatic heterocycles. The van der Waals surface area contributed by atoms with Gasteiger partial charge in [-0.1, -0.05) is 19.3 Å². The average Bonchev–Trinajstić information content (AvgIpc) is 2.61. The number of nitro groups is 1. The summed E-state index contributed by atoms with van der Waals surface area (Å²) in [6.07, 6.45) is 4.76. The summed E-state index contributed by atoms with van der Waals surface area (Å²) in [5.74, 6) is -0.572. The van der Waals surface area contributed by atoms with Gasteiger partial charge in [0.05, 0.1) is 12.0 Å². The monoisotopic (exact) mass is 349 g/mol. The third-order valence-corrected chi connectivity index (χ3v) is 4.53. The first-order valence-electron chi connectivity index (χ1n) is 8.33. The fourth-order valence-electron chi connectivity index (χ4n) is 3.14. The summed E-state index contributed by atoms with van der Waals surface area (Å²) < 4.78 is 5.19. The number of methoxy groups -OCH3 is 1. The highest BCUT2D eigenvalue weighted by molar-refractivity contribution is 5.87. The second kappa shape index (κ2) is 8.46. The van der Waals surface area contributed by atoms with Crippen LogP contribution in [-0.2, 0) is 16.0 Å². The maximum atomic E-state index is 12.4. The van der Waals surface area contributed by atoms with Crippen LogP contribution in [0.4, 0.5) is 5.69 Å². The van der Waals surface area contributed by atoms with Gasteiger partial charge in [-0.15, -0.1) is 0 Å². The Morgan fingerprint density at radius 2 is 2.04 bits per heavy atom. The van der Waals surface area contributed by atoms with Crippen LogP contribution in [0.5, 0.6) is 5.75 Å². The highest BCUT2D eigenvalue weighted by Crippen LogP contribution is 2.26. The normalized spacial score (nSPS) is 16.0. The lowest BCUT2D eigenvalue weighted by Crippen LogP contribution is -2.48. The predicted octanol–water partition coefficient (Wildman–Crippen LogP) is 1.70. The number of carbonyl (C=O) groups excluding carboxylic acids is 2. The third-order valence-electron chi connectivity index (χ3n) is 4.53. The smallest absolute Gasteiger partial charge is 0.269 e. The highest BCUT2D eigenvalue weighted by atomic mass is 16.6. The number of nitrogens with zero attached hydrogens (tertiary/aromatic N) is 1. The summed E-state index contributed by atoms with van der Waals surface area (Å²) in [6, 6.07) is 3.18. The van der Waals surface area contributed by atoms with Gasteiger partial charge in [-0.3, -0.25) is 19.7 Å². The summed E-state index contributed by atoms with van der Waals surface area (Å²) in [7, 11) is 1.44. The molecule has 2 rings (SSSR count). The second-order valence-electron chi connectivity index (χ2n) is 6.26. The van der Waals surface area contributed by atoms with Gasteiger partial charge in [-0.2, -0.15) is 0 Å². The fraction of sp³-hybridized carbons (Fsp3) is 0.529. The minimum absolute atomic E-state index is 0.0403. The number of non-ortho nitro benzene ring substituents is 1. The molecule has 0 heterocycles. The fourth-order valence-corrected chi connectivity index (χ4v) is 3.14. The number of nitrogens with two attached hydrogens (primary N) is 1. The summed E-state index contributed by atoms with van der Waals surface area (Å²) in [5, 5.41) is 13.7. The molecule has 1 aliphatic carbocycles. The molecule has 2 amide bonds. The molecule has 1 aliphatic rings. The van der Waals surface area contributed by atoms with Crippen LogP contribution < -0.4 is 15.8 Å². The Morgan fingerprint density at radius 3 is 2.60 bits per heavy atom. The number of nitrogens with one attached hydrogen (secondary N) is 1. The summed E-state index contributed by atoms with van der Waals surface area (Å²) in [6.45, 7) is 0. The van der Waals surface area contributed by atoms with Crippen LogP contribution in [0.15, 0.2) is 18.2 Å². The lowest BCUT2D eigenvalue weighted by Gasteiger charge is -2.24. The van der Waals surface area contributed by atoms with Crippen molar-refractivity contribution in [2.75, 3.05) is 7.11 Å². The SMILES string of the molecule is COc1ccc([N+](=O)[O-])cc1C[C@H](NC(=O)C1CCCCC1)C(N)=O. The minimum atomic E-state index is -0.940. The Kier molecular flexibility index (Phi) is 6.32. The number of nitro benzene ring substituents is 1.